The van der Waals surface area contributed by atoms with Crippen LogP contribution in [0.4, 0.5) is 5.69 Å². The second kappa shape index (κ2) is 9.53. The Labute approximate surface area is 191 Å². The molecule has 0 bridgehead atoms. The first-order valence-electron chi connectivity index (χ1n) is 11.1. The zero-order valence-electron chi connectivity index (χ0n) is 18.8. The zero-order chi connectivity index (χ0) is 23.5. The molecule has 174 valence electrons. The van der Waals surface area contributed by atoms with Crippen molar-refractivity contribution >= 4 is 23.2 Å². The maximum absolute atomic E-state index is 13.1. The number of rotatable bonds is 5. The predicted molar refractivity (Wildman–Crippen MR) is 122 cm³/mol. The van der Waals surface area contributed by atoms with Crippen molar-refractivity contribution in [3.05, 3.63) is 62.6 Å². The Morgan fingerprint density at radius 1 is 1.15 bits per heavy atom. The molecule has 1 aliphatic carbocycles. The van der Waals surface area contributed by atoms with Crippen LogP contribution in [-0.2, 0) is 6.42 Å². The Morgan fingerprint density at radius 3 is 2.48 bits per heavy atom. The van der Waals surface area contributed by atoms with E-state index in [4.69, 9.17) is 4.42 Å². The number of hydrogen-bond donors (Lipinski definition) is 1. The van der Waals surface area contributed by atoms with Gasteiger partial charge in [0.05, 0.1) is 10.6 Å². The molecule has 2 aliphatic rings. The highest BCUT2D eigenvalue weighted by atomic mass is 16.6. The number of carbonyl (C=O) groups excluding carboxylic acids is 2. The number of amides is 2. The van der Waals surface area contributed by atoms with Gasteiger partial charge in [0, 0.05) is 61.4 Å². The molecule has 10 nitrogen and oxygen atoms in total. The van der Waals surface area contributed by atoms with Gasteiger partial charge in [-0.2, -0.15) is 5.10 Å². The van der Waals surface area contributed by atoms with Crippen molar-refractivity contribution in [2.75, 3.05) is 32.7 Å². The smallest absolute Gasteiger partial charge is 0.289 e. The normalized spacial score (nSPS) is 17.6. The minimum absolute atomic E-state index is 0.0860. The van der Waals surface area contributed by atoms with Crippen molar-refractivity contribution in [2.24, 2.45) is 5.10 Å². The molecule has 2 amide bonds. The first-order valence-corrected chi connectivity index (χ1v) is 11.1. The fourth-order valence-electron chi connectivity index (χ4n) is 4.31. The Balaban J connectivity index is 1.51. The minimum atomic E-state index is -0.518. The molecule has 1 aromatic carbocycles. The Bertz CT molecular complexity index is 1100. The fourth-order valence-corrected chi connectivity index (χ4v) is 4.31. The van der Waals surface area contributed by atoms with Gasteiger partial charge in [0.2, 0.25) is 0 Å². The van der Waals surface area contributed by atoms with E-state index in [1.807, 2.05) is 11.8 Å². The number of nitro groups is 1. The van der Waals surface area contributed by atoms with Gasteiger partial charge in [-0.3, -0.25) is 19.7 Å². The van der Waals surface area contributed by atoms with Gasteiger partial charge in [-0.15, -0.1) is 0 Å². The van der Waals surface area contributed by atoms with Crippen LogP contribution in [0.2, 0.25) is 0 Å². The van der Waals surface area contributed by atoms with Gasteiger partial charge in [0.15, 0.2) is 5.76 Å². The fraction of sp³-hybridized carbons (Fsp3) is 0.435. The lowest BCUT2D eigenvalue weighted by atomic mass is 9.93. The Morgan fingerprint density at radius 2 is 1.85 bits per heavy atom. The van der Waals surface area contributed by atoms with Crippen molar-refractivity contribution in [1.29, 1.82) is 0 Å². The zero-order valence-corrected chi connectivity index (χ0v) is 18.8. The molecule has 0 spiro atoms. The number of non-ortho nitro benzene ring substituents is 1. The molecule has 1 fully saturated rings. The topological polar surface area (TPSA) is 121 Å². The number of piperazine rings is 1. The van der Waals surface area contributed by atoms with Crippen molar-refractivity contribution in [1.82, 2.24) is 15.2 Å². The molecule has 1 N–H and O–H groups in total. The lowest BCUT2D eigenvalue weighted by Crippen LogP contribution is -2.48. The number of nitrogens with one attached hydrogen (secondary N) is 1. The lowest BCUT2D eigenvalue weighted by Gasteiger charge is -2.33. The molecule has 0 radical (unpaired) electrons. The quantitative estimate of drug-likeness (QED) is 0.549. The van der Waals surface area contributed by atoms with Gasteiger partial charge in [0.25, 0.3) is 17.5 Å². The van der Waals surface area contributed by atoms with Gasteiger partial charge in [0.1, 0.15) is 5.76 Å². The van der Waals surface area contributed by atoms with Gasteiger partial charge in [-0.05, 0) is 38.4 Å². The summed E-state index contributed by atoms with van der Waals surface area (Å²) in [5, 5.41) is 15.1. The third-order valence-electron chi connectivity index (χ3n) is 6.26. The molecule has 1 aliphatic heterocycles. The van der Waals surface area contributed by atoms with Gasteiger partial charge >= 0.3 is 0 Å². The largest absolute Gasteiger partial charge is 0.455 e. The number of benzene rings is 1. The van der Waals surface area contributed by atoms with Crippen LogP contribution in [0.1, 0.15) is 57.6 Å². The van der Waals surface area contributed by atoms with E-state index < -0.39 is 10.8 Å². The SMILES string of the molecule is CCN1CCN(C(=O)c2oc3c(c2C)/C(=N/NC(=O)c2ccc([N+](=O)[O-])cc2)CCC3)CC1. The second-order valence-electron chi connectivity index (χ2n) is 8.24. The summed E-state index contributed by atoms with van der Waals surface area (Å²) in [6.07, 6.45) is 2.16. The third-order valence-corrected chi connectivity index (χ3v) is 6.26. The molecule has 1 saturated heterocycles. The van der Waals surface area contributed by atoms with Crippen LogP contribution in [0.25, 0.3) is 0 Å². The monoisotopic (exact) mass is 453 g/mol. The van der Waals surface area contributed by atoms with E-state index in [-0.39, 0.29) is 17.2 Å². The van der Waals surface area contributed by atoms with Gasteiger partial charge in [-0.1, -0.05) is 6.92 Å². The Kier molecular flexibility index (Phi) is 6.55. The standard InChI is InChI=1S/C23H27N5O5/c1-3-26-11-13-27(14-12-26)23(30)21-15(2)20-18(5-4-6-19(20)33-21)24-25-22(29)16-7-9-17(10-8-16)28(31)32/h7-10H,3-6,11-14H2,1-2H3,(H,25,29)/b24-18+. The summed E-state index contributed by atoms with van der Waals surface area (Å²) in [6.45, 7) is 7.99. The van der Waals surface area contributed by atoms with Crippen LogP contribution in [-0.4, -0.2) is 65.0 Å². The minimum Gasteiger partial charge on any atom is -0.455 e. The van der Waals surface area contributed by atoms with Gasteiger partial charge < -0.3 is 14.2 Å². The van der Waals surface area contributed by atoms with Crippen LogP contribution in [0.5, 0.6) is 0 Å². The second-order valence-corrected chi connectivity index (χ2v) is 8.24. The maximum Gasteiger partial charge on any atom is 0.289 e. The van der Waals surface area contributed by atoms with Crippen molar-refractivity contribution in [2.45, 2.75) is 33.1 Å². The van der Waals surface area contributed by atoms with Crippen LogP contribution < -0.4 is 5.43 Å². The highest BCUT2D eigenvalue weighted by Gasteiger charge is 2.31. The number of hydrogen-bond acceptors (Lipinski definition) is 7. The van der Waals surface area contributed by atoms with Crippen LogP contribution in [0, 0.1) is 17.0 Å². The summed E-state index contributed by atoms with van der Waals surface area (Å²) in [5.41, 5.74) is 4.93. The molecular weight excluding hydrogens is 426 g/mol. The number of aryl methyl sites for hydroxylation is 1. The molecule has 0 atom stereocenters. The summed E-state index contributed by atoms with van der Waals surface area (Å²) >= 11 is 0. The lowest BCUT2D eigenvalue weighted by molar-refractivity contribution is -0.384. The highest BCUT2D eigenvalue weighted by Crippen LogP contribution is 2.30. The summed E-state index contributed by atoms with van der Waals surface area (Å²) < 4.78 is 6.00. The number of likely N-dealkylation sites (N-methyl/N-ethyl adjacent to an activating group) is 1. The number of nitro benzene ring substituents is 1. The summed E-state index contributed by atoms with van der Waals surface area (Å²) in [6, 6.07) is 5.33. The van der Waals surface area contributed by atoms with E-state index in [0.717, 1.165) is 42.9 Å². The summed E-state index contributed by atoms with van der Waals surface area (Å²) in [5.74, 6) is 0.501. The molecule has 1 aromatic heterocycles. The van der Waals surface area contributed by atoms with E-state index >= 15 is 0 Å². The Hall–Kier alpha value is -3.53. The van der Waals surface area contributed by atoms with E-state index in [2.05, 4.69) is 22.4 Å². The first-order chi connectivity index (χ1) is 15.9. The van der Waals surface area contributed by atoms with Crippen molar-refractivity contribution < 1.29 is 18.9 Å². The highest BCUT2D eigenvalue weighted by molar-refractivity contribution is 6.07. The van der Waals surface area contributed by atoms with Crippen LogP contribution in [0.3, 0.4) is 0 Å². The van der Waals surface area contributed by atoms with Crippen molar-refractivity contribution in [3.8, 4) is 0 Å². The van der Waals surface area contributed by atoms with E-state index in [1.165, 1.54) is 24.3 Å². The molecule has 0 unspecified atom stereocenters. The number of furan rings is 1. The summed E-state index contributed by atoms with van der Waals surface area (Å²) in [4.78, 5) is 40.0. The number of hydrazone groups is 1. The van der Waals surface area contributed by atoms with Crippen LogP contribution in [0.15, 0.2) is 33.8 Å². The van der Waals surface area contributed by atoms with Gasteiger partial charge in [-0.25, -0.2) is 5.43 Å². The van der Waals surface area contributed by atoms with Crippen LogP contribution >= 0.6 is 0 Å². The first kappa shape index (κ1) is 22.7. The number of fused-ring (bicyclic) bond motifs is 1. The van der Waals surface area contributed by atoms with E-state index in [0.29, 0.717) is 37.4 Å². The predicted octanol–water partition coefficient (Wildman–Crippen LogP) is 2.74. The number of nitrogens with zero attached hydrogens (tertiary/aromatic N) is 4. The van der Waals surface area contributed by atoms with E-state index in [9.17, 15) is 19.7 Å². The molecule has 4 rings (SSSR count). The maximum atomic E-state index is 13.1. The van der Waals surface area contributed by atoms with E-state index in [1.54, 1.807) is 0 Å². The third kappa shape index (κ3) is 4.65. The molecule has 2 aromatic rings. The average molecular weight is 453 g/mol. The summed E-state index contributed by atoms with van der Waals surface area (Å²) in [7, 11) is 0. The molecule has 0 saturated carbocycles. The molecule has 33 heavy (non-hydrogen) atoms. The number of carbonyl (C=O) groups is 2. The molecule has 10 heteroatoms. The molecular formula is C23H27N5O5. The molecule has 2 heterocycles. The van der Waals surface area contributed by atoms with Crippen molar-refractivity contribution in [3.63, 3.8) is 0 Å². The average Bonchev–Trinajstić information content (AvgIpc) is 3.19.